The van der Waals surface area contributed by atoms with Gasteiger partial charge in [0.2, 0.25) is 5.91 Å². The van der Waals surface area contributed by atoms with Gasteiger partial charge in [-0.15, -0.1) is 0 Å². The van der Waals surface area contributed by atoms with Crippen LogP contribution in [0.3, 0.4) is 0 Å². The SMILES string of the molecule is CN1CCC(N(C)C(=O)CCNC(=O)Nc2cnsc2)CC1. The van der Waals surface area contributed by atoms with Crippen LogP contribution < -0.4 is 10.6 Å². The summed E-state index contributed by atoms with van der Waals surface area (Å²) < 4.78 is 3.90. The predicted octanol–water partition coefficient (Wildman–Crippen LogP) is 1.21. The molecule has 0 radical (unpaired) electrons. The Morgan fingerprint density at radius 1 is 1.45 bits per heavy atom. The normalized spacial score (nSPS) is 16.3. The number of rotatable bonds is 5. The number of nitrogens with zero attached hydrogens (tertiary/aromatic N) is 3. The third kappa shape index (κ3) is 4.96. The van der Waals surface area contributed by atoms with Gasteiger partial charge in [-0.1, -0.05) is 0 Å². The number of piperidine rings is 1. The standard InChI is InChI=1S/C14H23N5O2S/c1-18-7-4-12(5-8-18)19(2)13(20)3-6-15-14(21)17-11-9-16-22-10-11/h9-10,12H,3-8H2,1-2H3,(H2,15,17,21). The van der Waals surface area contributed by atoms with Gasteiger partial charge in [-0.05, 0) is 44.5 Å². The molecule has 0 saturated carbocycles. The number of hydrogen-bond donors (Lipinski definition) is 2. The largest absolute Gasteiger partial charge is 0.343 e. The van der Waals surface area contributed by atoms with Crippen LogP contribution in [0.25, 0.3) is 0 Å². The fourth-order valence-corrected chi connectivity index (χ4v) is 2.96. The van der Waals surface area contributed by atoms with Gasteiger partial charge in [0.1, 0.15) is 0 Å². The zero-order valence-corrected chi connectivity index (χ0v) is 13.9. The topological polar surface area (TPSA) is 77.6 Å². The lowest BCUT2D eigenvalue weighted by Crippen LogP contribution is -2.45. The van der Waals surface area contributed by atoms with Gasteiger partial charge in [-0.2, -0.15) is 4.37 Å². The first-order valence-corrected chi connectivity index (χ1v) is 8.28. The maximum atomic E-state index is 12.2. The highest BCUT2D eigenvalue weighted by Gasteiger charge is 2.23. The Labute approximate surface area is 134 Å². The van der Waals surface area contributed by atoms with Gasteiger partial charge in [0.15, 0.2) is 0 Å². The van der Waals surface area contributed by atoms with Crippen molar-refractivity contribution in [3.05, 3.63) is 11.6 Å². The molecule has 0 atom stereocenters. The lowest BCUT2D eigenvalue weighted by Gasteiger charge is -2.35. The van der Waals surface area contributed by atoms with Crippen molar-refractivity contribution in [1.82, 2.24) is 19.5 Å². The second kappa shape index (κ2) is 8.09. The summed E-state index contributed by atoms with van der Waals surface area (Å²) in [6, 6.07) is 0.00403. The number of amides is 3. The Kier molecular flexibility index (Phi) is 6.14. The van der Waals surface area contributed by atoms with E-state index in [9.17, 15) is 9.59 Å². The average molecular weight is 325 g/mol. The molecule has 2 rings (SSSR count). The van der Waals surface area contributed by atoms with Crippen molar-refractivity contribution in [2.24, 2.45) is 0 Å². The number of carbonyl (C=O) groups excluding carboxylic acids is 2. The molecule has 1 saturated heterocycles. The predicted molar refractivity (Wildman–Crippen MR) is 87.0 cm³/mol. The van der Waals surface area contributed by atoms with E-state index in [2.05, 4.69) is 27.0 Å². The molecule has 2 N–H and O–H groups in total. The molecule has 3 amide bonds. The summed E-state index contributed by atoms with van der Waals surface area (Å²) in [5.41, 5.74) is 0.664. The van der Waals surface area contributed by atoms with Gasteiger partial charge in [0.05, 0.1) is 11.9 Å². The highest BCUT2D eigenvalue weighted by molar-refractivity contribution is 7.04. The van der Waals surface area contributed by atoms with E-state index in [-0.39, 0.29) is 11.9 Å². The molecule has 7 nitrogen and oxygen atoms in total. The summed E-state index contributed by atoms with van der Waals surface area (Å²) in [6.45, 7) is 2.38. The summed E-state index contributed by atoms with van der Waals surface area (Å²) in [7, 11) is 3.96. The third-order valence-corrected chi connectivity index (χ3v) is 4.53. The van der Waals surface area contributed by atoms with Crippen LogP contribution in [-0.2, 0) is 4.79 Å². The number of urea groups is 1. The molecular weight excluding hydrogens is 302 g/mol. The number of aromatic nitrogens is 1. The molecule has 22 heavy (non-hydrogen) atoms. The molecule has 1 aromatic heterocycles. The van der Waals surface area contributed by atoms with Crippen LogP contribution in [-0.4, -0.2) is 65.9 Å². The van der Waals surface area contributed by atoms with Gasteiger partial charge in [0.25, 0.3) is 0 Å². The van der Waals surface area contributed by atoms with Crippen LogP contribution in [0.4, 0.5) is 10.5 Å². The highest BCUT2D eigenvalue weighted by Crippen LogP contribution is 2.14. The van der Waals surface area contributed by atoms with Gasteiger partial charge < -0.3 is 20.4 Å². The number of anilines is 1. The van der Waals surface area contributed by atoms with E-state index in [0.717, 1.165) is 25.9 Å². The van der Waals surface area contributed by atoms with Crippen molar-refractivity contribution >= 4 is 29.2 Å². The number of carbonyl (C=O) groups is 2. The summed E-state index contributed by atoms with van der Waals surface area (Å²) in [6.07, 6.45) is 3.93. The zero-order valence-electron chi connectivity index (χ0n) is 13.0. The minimum Gasteiger partial charge on any atom is -0.343 e. The summed E-state index contributed by atoms with van der Waals surface area (Å²) in [5.74, 6) is 0.0760. The maximum Gasteiger partial charge on any atom is 0.319 e. The van der Waals surface area contributed by atoms with E-state index in [1.165, 1.54) is 11.5 Å². The monoisotopic (exact) mass is 325 g/mol. The Balaban J connectivity index is 1.65. The van der Waals surface area contributed by atoms with Crippen molar-refractivity contribution in [2.75, 3.05) is 39.0 Å². The van der Waals surface area contributed by atoms with Gasteiger partial charge in [-0.3, -0.25) is 4.79 Å². The highest BCUT2D eigenvalue weighted by atomic mass is 32.1. The maximum absolute atomic E-state index is 12.2. The van der Waals surface area contributed by atoms with Crippen molar-refractivity contribution in [3.8, 4) is 0 Å². The Morgan fingerprint density at radius 2 is 2.18 bits per heavy atom. The van der Waals surface area contributed by atoms with Crippen LogP contribution in [0.15, 0.2) is 11.6 Å². The number of hydrogen-bond acceptors (Lipinski definition) is 5. The quantitative estimate of drug-likeness (QED) is 0.853. The molecule has 0 aromatic carbocycles. The van der Waals surface area contributed by atoms with Crippen LogP contribution in [0.1, 0.15) is 19.3 Å². The van der Waals surface area contributed by atoms with Gasteiger partial charge in [-0.25, -0.2) is 4.79 Å². The van der Waals surface area contributed by atoms with E-state index in [4.69, 9.17) is 0 Å². The van der Waals surface area contributed by atoms with Crippen molar-refractivity contribution < 1.29 is 9.59 Å². The molecule has 1 aliphatic heterocycles. The Morgan fingerprint density at radius 3 is 2.82 bits per heavy atom. The zero-order chi connectivity index (χ0) is 15.9. The molecule has 1 fully saturated rings. The Hall–Kier alpha value is -1.67. The first-order valence-electron chi connectivity index (χ1n) is 7.44. The molecule has 8 heteroatoms. The van der Waals surface area contributed by atoms with Crippen LogP contribution in [0.5, 0.6) is 0 Å². The van der Waals surface area contributed by atoms with E-state index in [1.54, 1.807) is 11.6 Å². The fourth-order valence-electron chi connectivity index (χ4n) is 2.49. The van der Waals surface area contributed by atoms with Crippen LogP contribution >= 0.6 is 11.5 Å². The van der Waals surface area contributed by atoms with Gasteiger partial charge in [0, 0.05) is 31.4 Å². The molecule has 0 spiro atoms. The first-order chi connectivity index (χ1) is 10.6. The van der Waals surface area contributed by atoms with E-state index < -0.39 is 0 Å². The molecule has 1 aromatic rings. The van der Waals surface area contributed by atoms with E-state index in [0.29, 0.717) is 24.7 Å². The Bertz CT molecular complexity index is 485. The first kappa shape index (κ1) is 16.7. The minimum atomic E-state index is -0.310. The number of likely N-dealkylation sites (tertiary alicyclic amines) is 1. The van der Waals surface area contributed by atoms with E-state index >= 15 is 0 Å². The summed E-state index contributed by atoms with van der Waals surface area (Å²) in [5, 5.41) is 7.10. The second-order valence-corrected chi connectivity index (χ2v) is 6.24. The van der Waals surface area contributed by atoms with Crippen LogP contribution in [0, 0.1) is 0 Å². The summed E-state index contributed by atoms with van der Waals surface area (Å²) in [4.78, 5) is 27.9. The second-order valence-electron chi connectivity index (χ2n) is 5.58. The molecule has 2 heterocycles. The molecule has 0 unspecified atom stereocenters. The average Bonchev–Trinajstić information content (AvgIpc) is 3.00. The lowest BCUT2D eigenvalue weighted by molar-refractivity contribution is -0.132. The van der Waals surface area contributed by atoms with Gasteiger partial charge >= 0.3 is 6.03 Å². The van der Waals surface area contributed by atoms with Crippen molar-refractivity contribution in [2.45, 2.75) is 25.3 Å². The molecule has 1 aliphatic rings. The molecule has 0 aliphatic carbocycles. The molecule has 0 bridgehead atoms. The smallest absolute Gasteiger partial charge is 0.319 e. The fraction of sp³-hybridized carbons (Fsp3) is 0.643. The molecule has 122 valence electrons. The minimum absolute atomic E-state index is 0.0760. The van der Waals surface area contributed by atoms with Crippen LogP contribution in [0.2, 0.25) is 0 Å². The molecular formula is C14H23N5O2S. The summed E-state index contributed by atoms with van der Waals surface area (Å²) >= 11 is 1.27. The van der Waals surface area contributed by atoms with Crippen molar-refractivity contribution in [3.63, 3.8) is 0 Å². The number of nitrogens with one attached hydrogen (secondary N) is 2. The van der Waals surface area contributed by atoms with E-state index in [1.807, 2.05) is 11.9 Å². The third-order valence-electron chi connectivity index (χ3n) is 3.94. The van der Waals surface area contributed by atoms with Crippen molar-refractivity contribution in [1.29, 1.82) is 0 Å². The lowest BCUT2D eigenvalue weighted by atomic mass is 10.0.